The summed E-state index contributed by atoms with van der Waals surface area (Å²) in [5.74, 6) is -0.456. The normalized spacial score (nSPS) is 16.2. The predicted molar refractivity (Wildman–Crippen MR) is 90.0 cm³/mol. The highest BCUT2D eigenvalue weighted by atomic mass is 32.2. The minimum absolute atomic E-state index is 0.0858. The van der Waals surface area contributed by atoms with Crippen LogP contribution < -0.4 is 4.74 Å². The van der Waals surface area contributed by atoms with Crippen LogP contribution in [0.3, 0.4) is 0 Å². The van der Waals surface area contributed by atoms with Gasteiger partial charge in [-0.2, -0.15) is 0 Å². The Morgan fingerprint density at radius 3 is 2.32 bits per heavy atom. The van der Waals surface area contributed by atoms with E-state index in [0.29, 0.717) is 18.7 Å². The maximum Gasteiger partial charge on any atom is 0.573 e. The summed E-state index contributed by atoms with van der Waals surface area (Å²) >= 11 is 1.32. The van der Waals surface area contributed by atoms with Gasteiger partial charge in [-0.15, -0.1) is 13.2 Å². The molecule has 0 unspecified atom stereocenters. The number of alkyl halides is 3. The average molecular weight is 373 g/mol. The first kappa shape index (κ1) is 19.4. The number of benzene rings is 1. The van der Waals surface area contributed by atoms with E-state index >= 15 is 0 Å². The van der Waals surface area contributed by atoms with E-state index in [1.54, 1.807) is 11.0 Å². The molecule has 0 aromatic heterocycles. The van der Waals surface area contributed by atoms with Gasteiger partial charge in [0.25, 0.3) is 0 Å². The van der Waals surface area contributed by atoms with E-state index in [1.165, 1.54) is 49.0 Å². The molecule has 8 heteroatoms. The first-order valence-electron chi connectivity index (χ1n) is 7.73. The number of carbonyl (C=O) groups is 2. The van der Waals surface area contributed by atoms with Crippen molar-refractivity contribution < 1.29 is 27.5 Å². The van der Waals surface area contributed by atoms with Crippen molar-refractivity contribution in [1.29, 1.82) is 0 Å². The summed E-state index contributed by atoms with van der Waals surface area (Å²) < 4.78 is 40.1. The van der Waals surface area contributed by atoms with E-state index < -0.39 is 6.36 Å². The van der Waals surface area contributed by atoms with Crippen molar-refractivity contribution >= 4 is 28.9 Å². The molecule has 0 atom stereocenters. The lowest BCUT2D eigenvalue weighted by atomic mass is 10.1. The van der Waals surface area contributed by atoms with Gasteiger partial charge in [-0.3, -0.25) is 9.59 Å². The Hall–Kier alpha value is -1.96. The van der Waals surface area contributed by atoms with Crippen LogP contribution in [0.2, 0.25) is 0 Å². The molecule has 0 saturated carbocycles. The van der Waals surface area contributed by atoms with Crippen LogP contribution in [-0.2, 0) is 9.59 Å². The highest BCUT2D eigenvalue weighted by molar-refractivity contribution is 8.14. The highest BCUT2D eigenvalue weighted by Crippen LogP contribution is 2.25. The topological polar surface area (TPSA) is 46.6 Å². The number of piperidine rings is 1. The average Bonchev–Trinajstić information content (AvgIpc) is 2.52. The second kappa shape index (κ2) is 8.42. The van der Waals surface area contributed by atoms with Gasteiger partial charge in [0.15, 0.2) is 5.12 Å². The van der Waals surface area contributed by atoms with Crippen LogP contribution in [0, 0.1) is 0 Å². The fourth-order valence-corrected chi connectivity index (χ4v) is 3.40. The van der Waals surface area contributed by atoms with Crippen molar-refractivity contribution in [2.75, 3.05) is 13.1 Å². The molecule has 0 aliphatic carbocycles. The van der Waals surface area contributed by atoms with Crippen molar-refractivity contribution in [2.45, 2.75) is 31.4 Å². The SMILES string of the molecule is CC(=O)SC1CCN(C(=O)/C=C/c2ccc(OC(F)(F)F)cc2)CC1. The van der Waals surface area contributed by atoms with Gasteiger partial charge >= 0.3 is 6.36 Å². The minimum Gasteiger partial charge on any atom is -0.406 e. The first-order valence-corrected chi connectivity index (χ1v) is 8.61. The van der Waals surface area contributed by atoms with Crippen molar-refractivity contribution in [1.82, 2.24) is 4.90 Å². The van der Waals surface area contributed by atoms with Gasteiger partial charge < -0.3 is 9.64 Å². The molecule has 1 aliphatic rings. The van der Waals surface area contributed by atoms with Gasteiger partial charge in [-0.05, 0) is 36.6 Å². The number of rotatable bonds is 4. The van der Waals surface area contributed by atoms with E-state index in [9.17, 15) is 22.8 Å². The molecule has 25 heavy (non-hydrogen) atoms. The molecule has 0 bridgehead atoms. The van der Waals surface area contributed by atoms with E-state index in [1.807, 2.05) is 0 Å². The second-order valence-corrected chi connectivity index (χ2v) is 7.06. The van der Waals surface area contributed by atoms with Crippen LogP contribution in [0.1, 0.15) is 25.3 Å². The summed E-state index contributed by atoms with van der Waals surface area (Å²) in [7, 11) is 0. The number of halogens is 3. The zero-order chi connectivity index (χ0) is 18.4. The maximum absolute atomic E-state index is 12.1. The number of nitrogens with zero attached hydrogens (tertiary/aromatic N) is 1. The molecule has 1 aromatic carbocycles. The third kappa shape index (κ3) is 6.81. The van der Waals surface area contributed by atoms with Crippen LogP contribution in [0.5, 0.6) is 5.75 Å². The van der Waals surface area contributed by atoms with Gasteiger partial charge in [-0.25, -0.2) is 0 Å². The summed E-state index contributed by atoms with van der Waals surface area (Å²) in [5, 5.41) is 0.342. The third-order valence-electron chi connectivity index (χ3n) is 3.62. The van der Waals surface area contributed by atoms with E-state index in [4.69, 9.17) is 0 Å². The Labute approximate surface area is 148 Å². The fraction of sp³-hybridized carbons (Fsp3) is 0.412. The predicted octanol–water partition coefficient (Wildman–Crippen LogP) is 3.87. The molecule has 0 radical (unpaired) electrons. The Balaban J connectivity index is 1.85. The number of hydrogen-bond acceptors (Lipinski definition) is 4. The van der Waals surface area contributed by atoms with Crippen LogP contribution in [0.15, 0.2) is 30.3 Å². The standard InChI is InChI=1S/C17H18F3NO3S/c1-12(22)25-15-8-10-21(11-9-15)16(23)7-4-13-2-5-14(6-3-13)24-17(18,19)20/h2-7,15H,8-11H2,1H3/b7-4+. The summed E-state index contributed by atoms with van der Waals surface area (Å²) in [6.07, 6.45) is -0.227. The number of hydrogen-bond donors (Lipinski definition) is 0. The summed E-state index contributed by atoms with van der Waals surface area (Å²) in [5.41, 5.74) is 0.602. The van der Waals surface area contributed by atoms with Crippen molar-refractivity contribution in [3.05, 3.63) is 35.9 Å². The van der Waals surface area contributed by atoms with Gasteiger partial charge in [-0.1, -0.05) is 23.9 Å². The molecule has 1 heterocycles. The molecule has 1 fully saturated rings. The number of amides is 1. The van der Waals surface area contributed by atoms with Crippen LogP contribution in [0.25, 0.3) is 6.08 Å². The molecule has 136 valence electrons. The molecule has 1 amide bonds. The lowest BCUT2D eigenvalue weighted by molar-refractivity contribution is -0.274. The molecule has 1 aliphatic heterocycles. The quantitative estimate of drug-likeness (QED) is 0.752. The number of ether oxygens (including phenoxy) is 1. The van der Waals surface area contributed by atoms with E-state index in [-0.39, 0.29) is 22.0 Å². The number of carbonyl (C=O) groups excluding carboxylic acids is 2. The van der Waals surface area contributed by atoms with Crippen molar-refractivity contribution in [2.24, 2.45) is 0 Å². The van der Waals surface area contributed by atoms with Gasteiger partial charge in [0.1, 0.15) is 5.75 Å². The first-order chi connectivity index (χ1) is 11.7. The molecule has 0 spiro atoms. The largest absolute Gasteiger partial charge is 0.573 e. The Morgan fingerprint density at radius 1 is 1.20 bits per heavy atom. The van der Waals surface area contributed by atoms with Crippen LogP contribution >= 0.6 is 11.8 Å². The highest BCUT2D eigenvalue weighted by Gasteiger charge is 2.30. The molecule has 0 N–H and O–H groups in total. The van der Waals surface area contributed by atoms with Crippen molar-refractivity contribution in [3.63, 3.8) is 0 Å². The van der Waals surface area contributed by atoms with Gasteiger partial charge in [0.05, 0.1) is 0 Å². The van der Waals surface area contributed by atoms with Crippen molar-refractivity contribution in [3.8, 4) is 5.75 Å². The number of thioether (sulfide) groups is 1. The van der Waals surface area contributed by atoms with Gasteiger partial charge in [0, 0.05) is 31.3 Å². The Bertz CT molecular complexity index is 636. The molecular formula is C17H18F3NO3S. The molecule has 1 aromatic rings. The summed E-state index contributed by atoms with van der Waals surface area (Å²) in [6.45, 7) is 2.72. The Kier molecular flexibility index (Phi) is 6.52. The maximum atomic E-state index is 12.1. The molecular weight excluding hydrogens is 355 g/mol. The summed E-state index contributed by atoms with van der Waals surface area (Å²) in [6, 6.07) is 5.28. The lowest BCUT2D eigenvalue weighted by Gasteiger charge is -2.30. The number of likely N-dealkylation sites (tertiary alicyclic amines) is 1. The smallest absolute Gasteiger partial charge is 0.406 e. The molecule has 4 nitrogen and oxygen atoms in total. The zero-order valence-corrected chi connectivity index (χ0v) is 14.4. The summed E-state index contributed by atoms with van der Waals surface area (Å²) in [4.78, 5) is 24.9. The van der Waals surface area contributed by atoms with Gasteiger partial charge in [0.2, 0.25) is 5.91 Å². The van der Waals surface area contributed by atoms with Crippen LogP contribution in [0.4, 0.5) is 13.2 Å². The third-order valence-corrected chi connectivity index (χ3v) is 4.75. The minimum atomic E-state index is -4.72. The monoisotopic (exact) mass is 373 g/mol. The second-order valence-electron chi connectivity index (χ2n) is 5.58. The van der Waals surface area contributed by atoms with E-state index in [0.717, 1.165) is 12.8 Å². The Morgan fingerprint density at radius 2 is 1.80 bits per heavy atom. The zero-order valence-electron chi connectivity index (χ0n) is 13.6. The van der Waals surface area contributed by atoms with Crippen LogP contribution in [-0.4, -0.2) is 40.6 Å². The molecule has 2 rings (SSSR count). The lowest BCUT2D eigenvalue weighted by Crippen LogP contribution is -2.38. The fourth-order valence-electron chi connectivity index (χ4n) is 2.48. The molecule has 1 saturated heterocycles. The van der Waals surface area contributed by atoms with E-state index in [2.05, 4.69) is 4.74 Å².